The normalized spacial score (nSPS) is 22.2. The largest absolute Gasteiger partial charge is 0.497 e. The first kappa shape index (κ1) is 14.6. The highest BCUT2D eigenvalue weighted by Gasteiger charge is 2.32. The maximum atomic E-state index is 12.3. The molecule has 1 aromatic carbocycles. The lowest BCUT2D eigenvalue weighted by Crippen LogP contribution is -2.28. The van der Waals surface area contributed by atoms with Crippen molar-refractivity contribution < 1.29 is 19.4 Å². The SMILES string of the molecule is COc1cccc(C(=O)C[C@@H]2CCCC[C@@H]2C(=O)O)c1. The van der Waals surface area contributed by atoms with Gasteiger partial charge in [-0.1, -0.05) is 25.0 Å². The predicted molar refractivity (Wildman–Crippen MR) is 75.0 cm³/mol. The summed E-state index contributed by atoms with van der Waals surface area (Å²) in [6.07, 6.45) is 3.78. The first-order chi connectivity index (χ1) is 9.61. The van der Waals surface area contributed by atoms with Crippen LogP contribution in [0.25, 0.3) is 0 Å². The summed E-state index contributed by atoms with van der Waals surface area (Å²) in [6, 6.07) is 7.03. The Hall–Kier alpha value is -1.84. The number of ether oxygens (including phenoxy) is 1. The number of carboxylic acids is 1. The van der Waals surface area contributed by atoms with Crippen LogP contribution in [0.3, 0.4) is 0 Å². The zero-order valence-corrected chi connectivity index (χ0v) is 11.7. The minimum absolute atomic E-state index is 0.00190. The fraction of sp³-hybridized carbons (Fsp3) is 0.500. The third-order valence-corrected chi connectivity index (χ3v) is 4.07. The molecule has 1 aliphatic rings. The van der Waals surface area contributed by atoms with Crippen LogP contribution < -0.4 is 4.74 Å². The molecule has 0 amide bonds. The molecule has 0 unspecified atom stereocenters. The smallest absolute Gasteiger partial charge is 0.306 e. The average Bonchev–Trinajstić information content (AvgIpc) is 2.47. The van der Waals surface area contributed by atoms with E-state index in [2.05, 4.69) is 0 Å². The Kier molecular flexibility index (Phi) is 4.77. The highest BCUT2D eigenvalue weighted by atomic mass is 16.5. The number of carboxylic acid groups (broad SMARTS) is 1. The van der Waals surface area contributed by atoms with Gasteiger partial charge in [0.25, 0.3) is 0 Å². The van der Waals surface area contributed by atoms with Crippen LogP contribution in [0, 0.1) is 11.8 Å². The third-order valence-electron chi connectivity index (χ3n) is 4.07. The van der Waals surface area contributed by atoms with E-state index in [0.717, 1.165) is 19.3 Å². The zero-order chi connectivity index (χ0) is 14.5. The van der Waals surface area contributed by atoms with Crippen LogP contribution in [0.1, 0.15) is 42.5 Å². The Morgan fingerprint density at radius 3 is 2.75 bits per heavy atom. The van der Waals surface area contributed by atoms with Gasteiger partial charge in [0, 0.05) is 12.0 Å². The summed E-state index contributed by atoms with van der Waals surface area (Å²) >= 11 is 0. The molecule has 20 heavy (non-hydrogen) atoms. The van der Waals surface area contributed by atoms with Crippen LogP contribution in [0.5, 0.6) is 5.75 Å². The van der Waals surface area contributed by atoms with Gasteiger partial charge in [0.05, 0.1) is 13.0 Å². The molecule has 1 aliphatic carbocycles. The van der Waals surface area contributed by atoms with E-state index >= 15 is 0 Å². The highest BCUT2D eigenvalue weighted by molar-refractivity contribution is 5.96. The average molecular weight is 276 g/mol. The van der Waals surface area contributed by atoms with Crippen LogP contribution in [0.15, 0.2) is 24.3 Å². The molecular formula is C16H20O4. The molecule has 1 saturated carbocycles. The van der Waals surface area contributed by atoms with Crippen molar-refractivity contribution in [1.29, 1.82) is 0 Å². The zero-order valence-electron chi connectivity index (χ0n) is 11.7. The Balaban J connectivity index is 2.07. The van der Waals surface area contributed by atoms with Gasteiger partial charge in [-0.3, -0.25) is 9.59 Å². The number of aliphatic carboxylic acids is 1. The van der Waals surface area contributed by atoms with Gasteiger partial charge >= 0.3 is 5.97 Å². The van der Waals surface area contributed by atoms with Crippen molar-refractivity contribution in [3.63, 3.8) is 0 Å². The minimum Gasteiger partial charge on any atom is -0.497 e. The summed E-state index contributed by atoms with van der Waals surface area (Å²) in [5, 5.41) is 9.24. The molecule has 0 aromatic heterocycles. The highest BCUT2D eigenvalue weighted by Crippen LogP contribution is 2.33. The maximum absolute atomic E-state index is 12.3. The van der Waals surface area contributed by atoms with E-state index in [0.29, 0.717) is 24.2 Å². The van der Waals surface area contributed by atoms with E-state index in [1.165, 1.54) is 0 Å². The van der Waals surface area contributed by atoms with Crippen LogP contribution in [-0.4, -0.2) is 24.0 Å². The topological polar surface area (TPSA) is 63.6 Å². The van der Waals surface area contributed by atoms with Gasteiger partial charge < -0.3 is 9.84 Å². The molecule has 2 rings (SSSR count). The van der Waals surface area contributed by atoms with E-state index in [9.17, 15) is 14.7 Å². The molecule has 0 saturated heterocycles. The van der Waals surface area contributed by atoms with Crippen molar-refractivity contribution in [1.82, 2.24) is 0 Å². The second-order valence-corrected chi connectivity index (χ2v) is 5.35. The van der Waals surface area contributed by atoms with Crippen molar-refractivity contribution in [3.8, 4) is 5.75 Å². The van der Waals surface area contributed by atoms with Gasteiger partial charge in [-0.2, -0.15) is 0 Å². The molecule has 108 valence electrons. The summed E-state index contributed by atoms with van der Waals surface area (Å²) in [5.74, 6) is -0.539. The molecular weight excluding hydrogens is 256 g/mol. The van der Waals surface area contributed by atoms with Gasteiger partial charge in [-0.15, -0.1) is 0 Å². The van der Waals surface area contributed by atoms with Crippen molar-refractivity contribution in [2.24, 2.45) is 11.8 Å². The molecule has 4 heteroatoms. The Bertz CT molecular complexity index is 495. The maximum Gasteiger partial charge on any atom is 0.306 e. The second kappa shape index (κ2) is 6.55. The number of hydrogen-bond donors (Lipinski definition) is 1. The first-order valence-electron chi connectivity index (χ1n) is 7.02. The lowest BCUT2D eigenvalue weighted by Gasteiger charge is -2.27. The molecule has 0 spiro atoms. The number of methoxy groups -OCH3 is 1. The standard InChI is InChI=1S/C16H20O4/c1-20-13-7-4-6-12(9-13)15(17)10-11-5-2-3-8-14(11)16(18)19/h4,6-7,9,11,14H,2-3,5,8,10H2,1H3,(H,18,19)/t11-,14-/m0/s1. The van der Waals surface area contributed by atoms with Crippen LogP contribution in [0.4, 0.5) is 0 Å². The van der Waals surface area contributed by atoms with E-state index in [1.807, 2.05) is 0 Å². The molecule has 1 aromatic rings. The Labute approximate surface area is 118 Å². The number of rotatable bonds is 5. The second-order valence-electron chi connectivity index (χ2n) is 5.35. The quantitative estimate of drug-likeness (QED) is 0.839. The summed E-state index contributed by atoms with van der Waals surface area (Å²) in [6.45, 7) is 0. The van der Waals surface area contributed by atoms with Crippen molar-refractivity contribution in [2.45, 2.75) is 32.1 Å². The number of benzene rings is 1. The molecule has 0 bridgehead atoms. The predicted octanol–water partition coefficient (Wildman–Crippen LogP) is 3.16. The molecule has 1 N–H and O–H groups in total. The molecule has 0 aliphatic heterocycles. The third kappa shape index (κ3) is 3.38. The van der Waals surface area contributed by atoms with Crippen molar-refractivity contribution in [3.05, 3.63) is 29.8 Å². The fourth-order valence-corrected chi connectivity index (χ4v) is 2.93. The minimum atomic E-state index is -0.770. The molecule has 1 fully saturated rings. The lowest BCUT2D eigenvalue weighted by atomic mass is 9.76. The first-order valence-corrected chi connectivity index (χ1v) is 7.02. The van der Waals surface area contributed by atoms with E-state index < -0.39 is 5.97 Å². The van der Waals surface area contributed by atoms with Gasteiger partial charge in [0.1, 0.15) is 5.75 Å². The Morgan fingerprint density at radius 2 is 2.05 bits per heavy atom. The van der Waals surface area contributed by atoms with E-state index in [-0.39, 0.29) is 17.6 Å². The van der Waals surface area contributed by atoms with Crippen molar-refractivity contribution >= 4 is 11.8 Å². The van der Waals surface area contributed by atoms with Crippen LogP contribution in [0.2, 0.25) is 0 Å². The van der Waals surface area contributed by atoms with Crippen molar-refractivity contribution in [2.75, 3.05) is 7.11 Å². The summed E-state index contributed by atoms with van der Waals surface area (Å²) < 4.78 is 5.11. The fourth-order valence-electron chi connectivity index (χ4n) is 2.93. The number of hydrogen-bond acceptors (Lipinski definition) is 3. The number of ketones is 1. The van der Waals surface area contributed by atoms with Crippen LogP contribution in [-0.2, 0) is 4.79 Å². The molecule has 0 radical (unpaired) electrons. The summed E-state index contributed by atoms with van der Waals surface area (Å²) in [7, 11) is 1.56. The lowest BCUT2D eigenvalue weighted by molar-refractivity contribution is -0.144. The Morgan fingerprint density at radius 1 is 1.30 bits per heavy atom. The van der Waals surface area contributed by atoms with E-state index in [4.69, 9.17) is 4.74 Å². The molecule has 0 heterocycles. The van der Waals surface area contributed by atoms with Crippen LogP contribution >= 0.6 is 0 Å². The number of carbonyl (C=O) groups excluding carboxylic acids is 1. The number of Topliss-reactive ketones (excluding diaryl/α,β-unsaturated/α-hetero) is 1. The molecule has 2 atom stereocenters. The van der Waals surface area contributed by atoms with Gasteiger partial charge in [-0.05, 0) is 30.9 Å². The number of carbonyl (C=O) groups is 2. The van der Waals surface area contributed by atoms with Gasteiger partial charge in [-0.25, -0.2) is 0 Å². The van der Waals surface area contributed by atoms with Gasteiger partial charge in [0.2, 0.25) is 0 Å². The van der Waals surface area contributed by atoms with Gasteiger partial charge in [0.15, 0.2) is 5.78 Å². The monoisotopic (exact) mass is 276 g/mol. The summed E-state index contributed by atoms with van der Waals surface area (Å²) in [5.41, 5.74) is 0.596. The van der Waals surface area contributed by atoms with E-state index in [1.54, 1.807) is 31.4 Å². The summed E-state index contributed by atoms with van der Waals surface area (Å²) in [4.78, 5) is 23.6. The molecule has 4 nitrogen and oxygen atoms in total.